The highest BCUT2D eigenvalue weighted by Crippen LogP contribution is 2.37. The van der Waals surface area contributed by atoms with Gasteiger partial charge in [0.2, 0.25) is 0 Å². The number of hydrogen-bond donors (Lipinski definition) is 0. The van der Waals surface area contributed by atoms with Crippen LogP contribution in [0.25, 0.3) is 0 Å². The molecule has 1 saturated heterocycles. The Labute approximate surface area is 143 Å². The summed E-state index contributed by atoms with van der Waals surface area (Å²) >= 11 is 0. The molecule has 3 atom stereocenters. The fraction of sp³-hybridized carbons (Fsp3) is 0.727. The quantitative estimate of drug-likeness (QED) is 0.679. The maximum Gasteiger partial charge on any atom is 0.00123 e. The molecule has 128 valence electrons. The molecule has 1 aliphatic carbocycles. The minimum Gasteiger partial charge on any atom is -0.303 e. The van der Waals surface area contributed by atoms with Crippen molar-refractivity contribution >= 4 is 0 Å². The van der Waals surface area contributed by atoms with Crippen LogP contribution >= 0.6 is 0 Å². The Bertz CT molecular complexity index is 446. The van der Waals surface area contributed by atoms with Gasteiger partial charge in [0, 0.05) is 6.54 Å². The van der Waals surface area contributed by atoms with Crippen molar-refractivity contribution in [1.82, 2.24) is 4.90 Å². The number of hydrogen-bond acceptors (Lipinski definition) is 1. The summed E-state index contributed by atoms with van der Waals surface area (Å²) in [6.45, 7) is 9.00. The molecule has 0 spiro atoms. The molecule has 1 aromatic rings. The lowest BCUT2D eigenvalue weighted by molar-refractivity contribution is 0.145. The average molecular weight is 314 g/mol. The zero-order valence-corrected chi connectivity index (χ0v) is 15.2. The molecular weight excluding hydrogens is 278 g/mol. The highest BCUT2D eigenvalue weighted by molar-refractivity contribution is 5.14. The van der Waals surface area contributed by atoms with Gasteiger partial charge in [-0.2, -0.15) is 0 Å². The molecule has 1 heteroatoms. The predicted molar refractivity (Wildman–Crippen MR) is 99.6 cm³/mol. The van der Waals surface area contributed by atoms with Gasteiger partial charge in [-0.25, -0.2) is 0 Å². The zero-order valence-electron chi connectivity index (χ0n) is 15.2. The summed E-state index contributed by atoms with van der Waals surface area (Å²) in [7, 11) is 0. The van der Waals surface area contributed by atoms with Crippen molar-refractivity contribution in [3.63, 3.8) is 0 Å². The van der Waals surface area contributed by atoms with E-state index in [1.165, 1.54) is 70.1 Å². The molecule has 3 rings (SSSR count). The standard InChI is InChI=1S/C22H35N/c1-18-15-19(2)22(16-18)17-23-13-11-21(12-14-23)10-6-9-20-7-4-3-5-8-20/h3-5,7-8,18-19,21-22H,6,9-17H2,1-2H3. The van der Waals surface area contributed by atoms with Gasteiger partial charge in [-0.1, -0.05) is 50.6 Å². The molecule has 1 nitrogen and oxygen atoms in total. The number of rotatable bonds is 6. The van der Waals surface area contributed by atoms with Gasteiger partial charge in [-0.15, -0.1) is 0 Å². The van der Waals surface area contributed by atoms with Crippen LogP contribution in [-0.2, 0) is 6.42 Å². The minimum atomic E-state index is 0.952. The first-order valence-electron chi connectivity index (χ1n) is 9.97. The molecule has 2 fully saturated rings. The van der Waals surface area contributed by atoms with Gasteiger partial charge in [0.1, 0.15) is 0 Å². The maximum absolute atomic E-state index is 2.77. The van der Waals surface area contributed by atoms with E-state index in [1.54, 1.807) is 0 Å². The van der Waals surface area contributed by atoms with E-state index in [9.17, 15) is 0 Å². The third-order valence-corrected chi connectivity index (χ3v) is 6.40. The maximum atomic E-state index is 2.77. The molecular formula is C22H35N. The first-order valence-corrected chi connectivity index (χ1v) is 9.97. The van der Waals surface area contributed by atoms with Crippen LogP contribution in [0.4, 0.5) is 0 Å². The van der Waals surface area contributed by atoms with Crippen LogP contribution in [0.1, 0.15) is 57.9 Å². The van der Waals surface area contributed by atoms with Gasteiger partial charge in [0.05, 0.1) is 0 Å². The van der Waals surface area contributed by atoms with E-state index in [-0.39, 0.29) is 0 Å². The molecule has 3 unspecified atom stereocenters. The van der Waals surface area contributed by atoms with Gasteiger partial charge in [-0.05, 0) is 80.8 Å². The summed E-state index contributed by atoms with van der Waals surface area (Å²) in [5, 5.41) is 0. The molecule has 1 aromatic carbocycles. The second kappa shape index (κ2) is 8.33. The average Bonchev–Trinajstić information content (AvgIpc) is 2.88. The van der Waals surface area contributed by atoms with Crippen LogP contribution in [0.3, 0.4) is 0 Å². The fourth-order valence-electron chi connectivity index (χ4n) is 4.96. The fourth-order valence-corrected chi connectivity index (χ4v) is 4.96. The normalized spacial score (nSPS) is 29.9. The van der Waals surface area contributed by atoms with Gasteiger partial charge in [0.25, 0.3) is 0 Å². The van der Waals surface area contributed by atoms with E-state index < -0.39 is 0 Å². The molecule has 1 saturated carbocycles. The van der Waals surface area contributed by atoms with Gasteiger partial charge in [-0.3, -0.25) is 0 Å². The second-order valence-electron chi connectivity index (χ2n) is 8.44. The van der Waals surface area contributed by atoms with Crippen molar-refractivity contribution in [3.8, 4) is 0 Å². The van der Waals surface area contributed by atoms with Crippen molar-refractivity contribution in [2.45, 2.75) is 58.8 Å². The van der Waals surface area contributed by atoms with Crippen LogP contribution in [0.2, 0.25) is 0 Å². The second-order valence-corrected chi connectivity index (χ2v) is 8.44. The molecule has 0 N–H and O–H groups in total. The Morgan fingerprint density at radius 1 is 1.00 bits per heavy atom. The van der Waals surface area contributed by atoms with Crippen LogP contribution in [0.5, 0.6) is 0 Å². The number of benzene rings is 1. The Morgan fingerprint density at radius 2 is 1.74 bits per heavy atom. The topological polar surface area (TPSA) is 3.24 Å². The third-order valence-electron chi connectivity index (χ3n) is 6.40. The van der Waals surface area contributed by atoms with Crippen molar-refractivity contribution < 1.29 is 0 Å². The van der Waals surface area contributed by atoms with E-state index in [0.29, 0.717) is 0 Å². The van der Waals surface area contributed by atoms with Crippen LogP contribution in [0.15, 0.2) is 30.3 Å². The monoisotopic (exact) mass is 313 g/mol. The molecule has 0 aromatic heterocycles. The molecule has 1 aliphatic heterocycles. The Kier molecular flexibility index (Phi) is 6.16. The van der Waals surface area contributed by atoms with Gasteiger partial charge < -0.3 is 4.90 Å². The van der Waals surface area contributed by atoms with Crippen molar-refractivity contribution in [3.05, 3.63) is 35.9 Å². The lowest BCUT2D eigenvalue weighted by atomic mass is 9.89. The molecule has 0 radical (unpaired) electrons. The Hall–Kier alpha value is -0.820. The lowest BCUT2D eigenvalue weighted by Crippen LogP contribution is -2.37. The van der Waals surface area contributed by atoms with Crippen LogP contribution in [0, 0.1) is 23.7 Å². The van der Waals surface area contributed by atoms with E-state index in [2.05, 4.69) is 49.1 Å². The zero-order chi connectivity index (χ0) is 16.1. The molecule has 0 bridgehead atoms. The van der Waals surface area contributed by atoms with E-state index in [4.69, 9.17) is 0 Å². The molecule has 0 amide bonds. The van der Waals surface area contributed by atoms with Crippen LogP contribution < -0.4 is 0 Å². The molecule has 23 heavy (non-hydrogen) atoms. The highest BCUT2D eigenvalue weighted by Gasteiger charge is 2.31. The summed E-state index contributed by atoms with van der Waals surface area (Å²) in [6.07, 6.45) is 9.86. The first-order chi connectivity index (χ1) is 11.2. The SMILES string of the molecule is CC1CC(C)C(CN2CCC(CCCc3ccccc3)CC2)C1. The minimum absolute atomic E-state index is 0.952. The third kappa shape index (κ3) is 5.08. The summed E-state index contributed by atoms with van der Waals surface area (Å²) in [5.41, 5.74) is 1.51. The Balaban J connectivity index is 1.32. The van der Waals surface area contributed by atoms with Crippen molar-refractivity contribution in [2.24, 2.45) is 23.7 Å². The smallest absolute Gasteiger partial charge is 0.00123 e. The highest BCUT2D eigenvalue weighted by atomic mass is 15.1. The number of likely N-dealkylation sites (tertiary alicyclic amines) is 1. The number of nitrogens with zero attached hydrogens (tertiary/aromatic N) is 1. The summed E-state index contributed by atoms with van der Waals surface area (Å²) in [5.74, 6) is 3.87. The van der Waals surface area contributed by atoms with Crippen LogP contribution in [-0.4, -0.2) is 24.5 Å². The van der Waals surface area contributed by atoms with E-state index in [1.807, 2.05) is 0 Å². The Morgan fingerprint density at radius 3 is 2.39 bits per heavy atom. The summed E-state index contributed by atoms with van der Waals surface area (Å²) in [4.78, 5) is 2.77. The number of piperidine rings is 1. The molecule has 1 heterocycles. The van der Waals surface area contributed by atoms with Gasteiger partial charge in [0.15, 0.2) is 0 Å². The van der Waals surface area contributed by atoms with E-state index in [0.717, 1.165) is 23.7 Å². The summed E-state index contributed by atoms with van der Waals surface area (Å²) in [6, 6.07) is 11.0. The summed E-state index contributed by atoms with van der Waals surface area (Å²) < 4.78 is 0. The largest absolute Gasteiger partial charge is 0.303 e. The molecule has 2 aliphatic rings. The van der Waals surface area contributed by atoms with Gasteiger partial charge >= 0.3 is 0 Å². The predicted octanol–water partition coefficient (Wildman–Crippen LogP) is 5.40. The van der Waals surface area contributed by atoms with Crippen molar-refractivity contribution in [1.29, 1.82) is 0 Å². The van der Waals surface area contributed by atoms with E-state index >= 15 is 0 Å². The first kappa shape index (κ1) is 17.0. The van der Waals surface area contributed by atoms with Crippen molar-refractivity contribution in [2.75, 3.05) is 19.6 Å². The number of aryl methyl sites for hydroxylation is 1. The lowest BCUT2D eigenvalue weighted by Gasteiger charge is -2.34.